The maximum atomic E-state index is 12.3. The summed E-state index contributed by atoms with van der Waals surface area (Å²) in [7, 11) is 0. The highest BCUT2D eigenvalue weighted by atomic mass is 32.2. The fourth-order valence-electron chi connectivity index (χ4n) is 2.67. The summed E-state index contributed by atoms with van der Waals surface area (Å²) in [5.41, 5.74) is 0. The van der Waals surface area contributed by atoms with Gasteiger partial charge in [-0.2, -0.15) is 0 Å². The normalized spacial score (nSPS) is 23.4. The van der Waals surface area contributed by atoms with Crippen molar-refractivity contribution in [3.63, 3.8) is 0 Å². The van der Waals surface area contributed by atoms with Gasteiger partial charge >= 0.3 is 0 Å². The number of thioether (sulfide) groups is 1. The van der Waals surface area contributed by atoms with E-state index in [-0.39, 0.29) is 11.7 Å². The maximum absolute atomic E-state index is 12.3. The minimum Gasteiger partial charge on any atom is -0.508 e. The standard InChI is InChI=1S/C15H21NO2S/c1-11-4-3-5-12(2)16(11)15(18)10-19-14-8-6-13(17)7-9-14/h6-9,11-12,17H,3-5,10H2,1-2H3. The van der Waals surface area contributed by atoms with Crippen molar-refractivity contribution in [3.8, 4) is 5.75 Å². The SMILES string of the molecule is CC1CCCC(C)N1C(=O)CSc1ccc(O)cc1. The summed E-state index contributed by atoms with van der Waals surface area (Å²) in [6, 6.07) is 7.71. The first kappa shape index (κ1) is 14.3. The predicted octanol–water partition coefficient (Wildman–Crippen LogP) is 3.27. The molecule has 19 heavy (non-hydrogen) atoms. The number of piperidine rings is 1. The third-order valence-electron chi connectivity index (χ3n) is 3.68. The summed E-state index contributed by atoms with van der Waals surface area (Å²) in [4.78, 5) is 15.4. The van der Waals surface area contributed by atoms with Crippen molar-refractivity contribution in [1.82, 2.24) is 4.90 Å². The van der Waals surface area contributed by atoms with Gasteiger partial charge in [-0.05, 0) is 57.4 Å². The third-order valence-corrected chi connectivity index (χ3v) is 4.68. The Bertz CT molecular complexity index is 422. The van der Waals surface area contributed by atoms with Crippen molar-refractivity contribution in [2.45, 2.75) is 50.1 Å². The highest BCUT2D eigenvalue weighted by Gasteiger charge is 2.28. The van der Waals surface area contributed by atoms with Gasteiger partial charge in [0, 0.05) is 17.0 Å². The summed E-state index contributed by atoms with van der Waals surface area (Å²) >= 11 is 1.53. The largest absolute Gasteiger partial charge is 0.508 e. The van der Waals surface area contributed by atoms with Gasteiger partial charge in [0.05, 0.1) is 5.75 Å². The molecule has 0 aromatic heterocycles. The zero-order chi connectivity index (χ0) is 13.8. The molecule has 1 fully saturated rings. The third kappa shape index (κ3) is 3.66. The molecule has 4 heteroatoms. The first-order chi connectivity index (χ1) is 9.08. The summed E-state index contributed by atoms with van der Waals surface area (Å²) < 4.78 is 0. The number of rotatable bonds is 3. The molecule has 2 atom stereocenters. The smallest absolute Gasteiger partial charge is 0.233 e. The number of nitrogens with zero attached hydrogens (tertiary/aromatic N) is 1. The second kappa shape index (κ2) is 6.33. The molecule has 1 aliphatic heterocycles. The molecule has 3 nitrogen and oxygen atoms in total. The highest BCUT2D eigenvalue weighted by molar-refractivity contribution is 8.00. The fraction of sp³-hybridized carbons (Fsp3) is 0.533. The number of phenols is 1. The summed E-state index contributed by atoms with van der Waals surface area (Å²) in [5.74, 6) is 0.950. The second-order valence-electron chi connectivity index (χ2n) is 5.21. The number of hydrogen-bond acceptors (Lipinski definition) is 3. The molecule has 1 N–H and O–H groups in total. The fourth-order valence-corrected chi connectivity index (χ4v) is 3.44. The van der Waals surface area contributed by atoms with E-state index in [0.29, 0.717) is 17.8 Å². The van der Waals surface area contributed by atoms with E-state index in [0.717, 1.165) is 17.7 Å². The van der Waals surface area contributed by atoms with Crippen LogP contribution in [0.1, 0.15) is 33.1 Å². The van der Waals surface area contributed by atoms with Crippen LogP contribution < -0.4 is 0 Å². The van der Waals surface area contributed by atoms with E-state index in [1.54, 1.807) is 12.1 Å². The van der Waals surface area contributed by atoms with Gasteiger partial charge in [0.25, 0.3) is 0 Å². The van der Waals surface area contributed by atoms with Gasteiger partial charge in [-0.25, -0.2) is 0 Å². The van der Waals surface area contributed by atoms with Crippen LogP contribution in [0.2, 0.25) is 0 Å². The molecular weight excluding hydrogens is 258 g/mol. The van der Waals surface area contributed by atoms with Gasteiger partial charge in [0.2, 0.25) is 5.91 Å². The lowest BCUT2D eigenvalue weighted by atomic mass is 9.98. The average Bonchev–Trinajstić information content (AvgIpc) is 2.38. The molecule has 2 rings (SSSR count). The van der Waals surface area contributed by atoms with Crippen LogP contribution in [0.5, 0.6) is 5.75 Å². The molecule has 1 aromatic rings. The lowest BCUT2D eigenvalue weighted by molar-refractivity contribution is -0.134. The van der Waals surface area contributed by atoms with Crippen LogP contribution in [0.25, 0.3) is 0 Å². The van der Waals surface area contributed by atoms with Crippen molar-refractivity contribution in [1.29, 1.82) is 0 Å². The van der Waals surface area contributed by atoms with Crippen molar-refractivity contribution in [2.24, 2.45) is 0 Å². The van der Waals surface area contributed by atoms with E-state index in [2.05, 4.69) is 13.8 Å². The molecule has 0 bridgehead atoms. The number of phenolic OH excluding ortho intramolecular Hbond substituents is 1. The van der Waals surface area contributed by atoms with Gasteiger partial charge in [-0.15, -0.1) is 11.8 Å². The van der Waals surface area contributed by atoms with E-state index in [9.17, 15) is 9.90 Å². The Morgan fingerprint density at radius 3 is 2.42 bits per heavy atom. The monoisotopic (exact) mass is 279 g/mol. The topological polar surface area (TPSA) is 40.5 Å². The average molecular weight is 279 g/mol. The summed E-state index contributed by atoms with van der Waals surface area (Å²) in [6.07, 6.45) is 3.44. The zero-order valence-corrected chi connectivity index (χ0v) is 12.3. The molecule has 0 saturated carbocycles. The Morgan fingerprint density at radius 1 is 1.26 bits per heavy atom. The molecule has 0 aliphatic carbocycles. The van der Waals surface area contributed by atoms with Crippen LogP contribution in [0, 0.1) is 0 Å². The molecular formula is C15H21NO2S. The minimum atomic E-state index is 0.220. The van der Waals surface area contributed by atoms with E-state index in [1.165, 1.54) is 18.2 Å². The van der Waals surface area contributed by atoms with Crippen LogP contribution in [0.3, 0.4) is 0 Å². The van der Waals surface area contributed by atoms with E-state index in [1.807, 2.05) is 17.0 Å². The minimum absolute atomic E-state index is 0.220. The van der Waals surface area contributed by atoms with Crippen LogP contribution in [-0.2, 0) is 4.79 Å². The van der Waals surface area contributed by atoms with Gasteiger partial charge < -0.3 is 10.0 Å². The number of hydrogen-bond donors (Lipinski definition) is 1. The van der Waals surface area contributed by atoms with Gasteiger partial charge in [0.1, 0.15) is 5.75 Å². The lowest BCUT2D eigenvalue weighted by Gasteiger charge is -2.39. The molecule has 1 aromatic carbocycles. The van der Waals surface area contributed by atoms with Crippen LogP contribution in [0.15, 0.2) is 29.2 Å². The molecule has 1 amide bonds. The Labute approximate surface area is 119 Å². The lowest BCUT2D eigenvalue weighted by Crippen LogP contribution is -2.48. The first-order valence-corrected chi connectivity index (χ1v) is 7.79. The number of benzene rings is 1. The predicted molar refractivity (Wildman–Crippen MR) is 78.5 cm³/mol. The Kier molecular flexibility index (Phi) is 4.75. The molecule has 1 heterocycles. The summed E-state index contributed by atoms with van der Waals surface area (Å²) in [6.45, 7) is 4.28. The Balaban J connectivity index is 1.91. The molecule has 2 unspecified atom stereocenters. The quantitative estimate of drug-likeness (QED) is 0.863. The van der Waals surface area contributed by atoms with Gasteiger partial charge in [-0.3, -0.25) is 4.79 Å². The second-order valence-corrected chi connectivity index (χ2v) is 6.26. The van der Waals surface area contributed by atoms with Crippen molar-refractivity contribution in [3.05, 3.63) is 24.3 Å². The number of carbonyl (C=O) groups is 1. The van der Waals surface area contributed by atoms with E-state index in [4.69, 9.17) is 0 Å². The first-order valence-electron chi connectivity index (χ1n) is 6.81. The van der Waals surface area contributed by atoms with Gasteiger partial charge in [0.15, 0.2) is 0 Å². The number of amides is 1. The van der Waals surface area contributed by atoms with Crippen molar-refractivity contribution >= 4 is 17.7 Å². The van der Waals surface area contributed by atoms with Crippen LogP contribution >= 0.6 is 11.8 Å². The number of carbonyl (C=O) groups excluding carboxylic acids is 1. The van der Waals surface area contributed by atoms with Crippen LogP contribution in [-0.4, -0.2) is 33.8 Å². The zero-order valence-electron chi connectivity index (χ0n) is 11.5. The van der Waals surface area contributed by atoms with E-state index < -0.39 is 0 Å². The summed E-state index contributed by atoms with van der Waals surface area (Å²) in [5, 5.41) is 9.22. The number of aromatic hydroxyl groups is 1. The molecule has 1 saturated heterocycles. The molecule has 0 radical (unpaired) electrons. The van der Waals surface area contributed by atoms with Crippen molar-refractivity contribution < 1.29 is 9.90 Å². The Morgan fingerprint density at radius 2 is 1.84 bits per heavy atom. The Hall–Kier alpha value is -1.16. The van der Waals surface area contributed by atoms with E-state index >= 15 is 0 Å². The molecule has 104 valence electrons. The molecule has 0 spiro atoms. The highest BCUT2D eigenvalue weighted by Crippen LogP contribution is 2.26. The van der Waals surface area contributed by atoms with Crippen LogP contribution in [0.4, 0.5) is 0 Å². The number of likely N-dealkylation sites (tertiary alicyclic amines) is 1. The maximum Gasteiger partial charge on any atom is 0.233 e. The van der Waals surface area contributed by atoms with Gasteiger partial charge in [-0.1, -0.05) is 0 Å². The van der Waals surface area contributed by atoms with Crippen molar-refractivity contribution in [2.75, 3.05) is 5.75 Å². The molecule has 1 aliphatic rings.